The van der Waals surface area contributed by atoms with Crippen LogP contribution in [0.15, 0.2) is 18.3 Å². The van der Waals surface area contributed by atoms with E-state index in [1.54, 1.807) is 25.3 Å². The average Bonchev–Trinajstić information content (AvgIpc) is 2.36. The number of carbonyl (C=O) groups is 1. The predicted octanol–water partition coefficient (Wildman–Crippen LogP) is 2.72. The molecule has 94 valence electrons. The minimum absolute atomic E-state index is 0.327. The van der Waals surface area contributed by atoms with Crippen LogP contribution in [-0.4, -0.2) is 24.1 Å². The van der Waals surface area contributed by atoms with Crippen molar-refractivity contribution in [2.45, 2.75) is 27.2 Å². The Kier molecular flexibility index (Phi) is 5.46. The Hall–Kier alpha value is -1.58. The van der Waals surface area contributed by atoms with E-state index in [4.69, 9.17) is 4.74 Å². The molecule has 0 aromatic carbocycles. The Morgan fingerprint density at radius 2 is 2.29 bits per heavy atom. The quantitative estimate of drug-likeness (QED) is 0.771. The Labute approximate surface area is 102 Å². The first kappa shape index (κ1) is 13.5. The van der Waals surface area contributed by atoms with Crippen LogP contribution in [0.3, 0.4) is 0 Å². The van der Waals surface area contributed by atoms with E-state index in [2.05, 4.69) is 24.1 Å². The molecule has 0 spiro atoms. The van der Waals surface area contributed by atoms with E-state index >= 15 is 0 Å². The average molecular weight is 236 g/mol. The molecule has 0 aliphatic heterocycles. The molecule has 1 N–H and O–H groups in total. The van der Waals surface area contributed by atoms with Crippen molar-refractivity contribution in [2.24, 2.45) is 5.92 Å². The van der Waals surface area contributed by atoms with E-state index in [0.717, 1.165) is 13.0 Å². The number of ether oxygens (including phenoxy) is 1. The fourth-order valence-electron chi connectivity index (χ4n) is 1.33. The van der Waals surface area contributed by atoms with Gasteiger partial charge in [0.25, 0.3) is 0 Å². The lowest BCUT2D eigenvalue weighted by atomic mass is 10.1. The summed E-state index contributed by atoms with van der Waals surface area (Å²) in [6.07, 6.45) is 2.76. The Balaban J connectivity index is 2.74. The highest BCUT2D eigenvalue weighted by Crippen LogP contribution is 2.14. The zero-order chi connectivity index (χ0) is 12.7. The van der Waals surface area contributed by atoms with E-state index in [1.165, 1.54) is 0 Å². The minimum Gasteiger partial charge on any atom is -0.462 e. The zero-order valence-electron chi connectivity index (χ0n) is 10.7. The summed E-state index contributed by atoms with van der Waals surface area (Å²) in [6, 6.07) is 3.46. The third kappa shape index (κ3) is 4.06. The number of rotatable bonds is 6. The molecule has 4 heteroatoms. The topological polar surface area (TPSA) is 51.2 Å². The van der Waals surface area contributed by atoms with Gasteiger partial charge in [-0.05, 0) is 25.0 Å². The number of hydrogen-bond donors (Lipinski definition) is 1. The SMILES string of the molecule is CCOC(=O)c1cccnc1NCC(C)CC. The molecule has 0 amide bonds. The van der Waals surface area contributed by atoms with Crippen LogP contribution in [0.2, 0.25) is 0 Å². The molecule has 0 aliphatic rings. The Morgan fingerprint density at radius 1 is 1.53 bits per heavy atom. The van der Waals surface area contributed by atoms with Crippen molar-refractivity contribution in [3.8, 4) is 0 Å². The molecule has 1 heterocycles. The maximum Gasteiger partial charge on any atom is 0.341 e. The maximum atomic E-state index is 11.7. The molecule has 1 aromatic heterocycles. The molecule has 0 saturated heterocycles. The number of anilines is 1. The van der Waals surface area contributed by atoms with Crippen LogP contribution in [0.25, 0.3) is 0 Å². The maximum absolute atomic E-state index is 11.7. The van der Waals surface area contributed by atoms with Crippen LogP contribution in [-0.2, 0) is 4.74 Å². The molecule has 0 bridgehead atoms. The van der Waals surface area contributed by atoms with Crippen LogP contribution in [0.1, 0.15) is 37.6 Å². The second-order valence-electron chi connectivity index (χ2n) is 4.01. The van der Waals surface area contributed by atoms with E-state index in [1.807, 2.05) is 0 Å². The van der Waals surface area contributed by atoms with E-state index < -0.39 is 0 Å². The number of nitrogens with zero attached hydrogens (tertiary/aromatic N) is 1. The number of aromatic nitrogens is 1. The molecular weight excluding hydrogens is 216 g/mol. The van der Waals surface area contributed by atoms with Crippen molar-refractivity contribution in [1.29, 1.82) is 0 Å². The van der Waals surface area contributed by atoms with Gasteiger partial charge in [0.05, 0.1) is 6.61 Å². The molecule has 1 rings (SSSR count). The number of carbonyl (C=O) groups excluding carboxylic acids is 1. The summed E-state index contributed by atoms with van der Waals surface area (Å²) in [5.41, 5.74) is 0.498. The lowest BCUT2D eigenvalue weighted by molar-refractivity contribution is 0.0527. The molecule has 4 nitrogen and oxygen atoms in total. The van der Waals surface area contributed by atoms with Gasteiger partial charge >= 0.3 is 5.97 Å². The van der Waals surface area contributed by atoms with Crippen LogP contribution in [0.5, 0.6) is 0 Å². The minimum atomic E-state index is -0.327. The summed E-state index contributed by atoms with van der Waals surface area (Å²) in [5, 5.41) is 3.19. The summed E-state index contributed by atoms with van der Waals surface area (Å²) in [5.74, 6) is 0.825. The number of esters is 1. The second-order valence-corrected chi connectivity index (χ2v) is 4.01. The van der Waals surface area contributed by atoms with Crippen molar-refractivity contribution < 1.29 is 9.53 Å². The van der Waals surface area contributed by atoms with Gasteiger partial charge < -0.3 is 10.1 Å². The van der Waals surface area contributed by atoms with Gasteiger partial charge in [0.15, 0.2) is 0 Å². The van der Waals surface area contributed by atoms with Crippen LogP contribution in [0.4, 0.5) is 5.82 Å². The largest absolute Gasteiger partial charge is 0.462 e. The Morgan fingerprint density at radius 3 is 2.94 bits per heavy atom. The van der Waals surface area contributed by atoms with Gasteiger partial charge in [-0.3, -0.25) is 0 Å². The smallest absolute Gasteiger partial charge is 0.341 e. The second kappa shape index (κ2) is 6.89. The molecule has 1 atom stereocenters. The fraction of sp³-hybridized carbons (Fsp3) is 0.538. The molecule has 1 unspecified atom stereocenters. The zero-order valence-corrected chi connectivity index (χ0v) is 10.7. The first-order valence-corrected chi connectivity index (χ1v) is 6.05. The van der Waals surface area contributed by atoms with Gasteiger partial charge in [-0.2, -0.15) is 0 Å². The van der Waals surface area contributed by atoms with Gasteiger partial charge in [0, 0.05) is 12.7 Å². The fourth-order valence-corrected chi connectivity index (χ4v) is 1.33. The van der Waals surface area contributed by atoms with Crippen LogP contribution >= 0.6 is 0 Å². The summed E-state index contributed by atoms with van der Waals surface area (Å²) in [6.45, 7) is 7.26. The van der Waals surface area contributed by atoms with Crippen LogP contribution in [0, 0.1) is 5.92 Å². The third-order valence-corrected chi connectivity index (χ3v) is 2.62. The van der Waals surface area contributed by atoms with Crippen molar-refractivity contribution in [3.05, 3.63) is 23.9 Å². The highest BCUT2D eigenvalue weighted by molar-refractivity contribution is 5.94. The lowest BCUT2D eigenvalue weighted by Crippen LogP contribution is -2.15. The number of pyridine rings is 1. The van der Waals surface area contributed by atoms with Crippen molar-refractivity contribution >= 4 is 11.8 Å². The van der Waals surface area contributed by atoms with Gasteiger partial charge in [-0.1, -0.05) is 20.3 Å². The van der Waals surface area contributed by atoms with Crippen molar-refractivity contribution in [1.82, 2.24) is 4.98 Å². The molecule has 0 saturated carbocycles. The van der Waals surface area contributed by atoms with E-state index in [9.17, 15) is 4.79 Å². The van der Waals surface area contributed by atoms with Gasteiger partial charge in [0.2, 0.25) is 0 Å². The summed E-state index contributed by atoms with van der Waals surface area (Å²) >= 11 is 0. The molecule has 0 fully saturated rings. The first-order chi connectivity index (χ1) is 8.19. The van der Waals surface area contributed by atoms with Crippen LogP contribution < -0.4 is 5.32 Å². The first-order valence-electron chi connectivity index (χ1n) is 6.05. The summed E-state index contributed by atoms with van der Waals surface area (Å²) in [4.78, 5) is 15.9. The normalized spacial score (nSPS) is 11.9. The van der Waals surface area contributed by atoms with Crippen molar-refractivity contribution in [2.75, 3.05) is 18.5 Å². The number of nitrogens with one attached hydrogen (secondary N) is 1. The predicted molar refractivity (Wildman–Crippen MR) is 68.1 cm³/mol. The molecular formula is C13H20N2O2. The highest BCUT2D eigenvalue weighted by Gasteiger charge is 2.13. The van der Waals surface area contributed by atoms with Gasteiger partial charge in [-0.25, -0.2) is 9.78 Å². The van der Waals surface area contributed by atoms with Crippen molar-refractivity contribution in [3.63, 3.8) is 0 Å². The standard InChI is InChI=1S/C13H20N2O2/c1-4-10(3)9-15-12-11(7-6-8-14-12)13(16)17-5-2/h6-8,10H,4-5,9H2,1-3H3,(H,14,15). The Bertz CT molecular complexity index is 366. The van der Waals surface area contributed by atoms with Gasteiger partial charge in [-0.15, -0.1) is 0 Å². The molecule has 0 aliphatic carbocycles. The summed E-state index contributed by atoms with van der Waals surface area (Å²) < 4.78 is 4.98. The highest BCUT2D eigenvalue weighted by atomic mass is 16.5. The third-order valence-electron chi connectivity index (χ3n) is 2.62. The monoisotopic (exact) mass is 236 g/mol. The number of hydrogen-bond acceptors (Lipinski definition) is 4. The van der Waals surface area contributed by atoms with Gasteiger partial charge in [0.1, 0.15) is 11.4 Å². The van der Waals surface area contributed by atoms with E-state index in [0.29, 0.717) is 23.9 Å². The molecule has 1 aromatic rings. The summed E-state index contributed by atoms with van der Waals surface area (Å²) in [7, 11) is 0. The molecule has 0 radical (unpaired) electrons. The molecule has 17 heavy (non-hydrogen) atoms. The lowest BCUT2D eigenvalue weighted by Gasteiger charge is -2.13. The van der Waals surface area contributed by atoms with E-state index in [-0.39, 0.29) is 5.97 Å².